The van der Waals surface area contributed by atoms with Crippen LogP contribution < -0.4 is 0 Å². The number of ether oxygens (including phenoxy) is 2. The molecule has 0 aromatic heterocycles. The number of rotatable bonds is 7. The summed E-state index contributed by atoms with van der Waals surface area (Å²) >= 11 is 0. The number of methoxy groups -OCH3 is 2. The first-order valence-corrected chi connectivity index (χ1v) is 6.31. The van der Waals surface area contributed by atoms with Gasteiger partial charge in [0.1, 0.15) is 0 Å². The lowest BCUT2D eigenvalue weighted by atomic mass is 9.94. The van der Waals surface area contributed by atoms with E-state index in [-0.39, 0.29) is 25.0 Å². The van der Waals surface area contributed by atoms with Crippen LogP contribution in [0.5, 0.6) is 0 Å². The van der Waals surface area contributed by atoms with Crippen LogP contribution in [0.2, 0.25) is 0 Å². The van der Waals surface area contributed by atoms with Gasteiger partial charge in [0.2, 0.25) is 0 Å². The number of hydrogen-bond donors (Lipinski definition) is 0. The van der Waals surface area contributed by atoms with Crippen molar-refractivity contribution in [1.29, 1.82) is 0 Å². The molecule has 1 unspecified atom stereocenters. The van der Waals surface area contributed by atoms with E-state index in [4.69, 9.17) is 0 Å². The predicted octanol–water partition coefficient (Wildman–Crippen LogP) is 2.00. The van der Waals surface area contributed by atoms with Crippen LogP contribution in [0.3, 0.4) is 0 Å². The van der Waals surface area contributed by atoms with Gasteiger partial charge in [0.15, 0.2) is 5.78 Å². The lowest BCUT2D eigenvalue weighted by molar-refractivity contribution is -0.146. The third-order valence-electron chi connectivity index (χ3n) is 2.99. The van der Waals surface area contributed by atoms with Crippen molar-refractivity contribution in [3.63, 3.8) is 0 Å². The van der Waals surface area contributed by atoms with Gasteiger partial charge in [0.05, 0.1) is 20.1 Å². The number of carbonyl (C=O) groups excluding carboxylic acids is 3. The van der Waals surface area contributed by atoms with Crippen molar-refractivity contribution in [1.82, 2.24) is 0 Å². The smallest absolute Gasteiger partial charge is 0.309 e. The average molecular weight is 278 g/mol. The van der Waals surface area contributed by atoms with Gasteiger partial charge in [-0.15, -0.1) is 0 Å². The summed E-state index contributed by atoms with van der Waals surface area (Å²) in [5.41, 5.74) is 0.541. The standard InChI is InChI=1S/C15H18O5/c1-19-14(17)9-8-12(15(18)20-2)10-13(16)11-6-4-3-5-7-11/h3-7,12H,8-10H2,1-2H3. The summed E-state index contributed by atoms with van der Waals surface area (Å²) in [5.74, 6) is -1.68. The highest BCUT2D eigenvalue weighted by Gasteiger charge is 2.24. The fourth-order valence-electron chi connectivity index (χ4n) is 1.83. The number of hydrogen-bond acceptors (Lipinski definition) is 5. The molecule has 0 spiro atoms. The minimum absolute atomic E-state index is 0.0215. The Labute approximate surface area is 117 Å². The van der Waals surface area contributed by atoms with Crippen LogP contribution in [0.4, 0.5) is 0 Å². The molecule has 1 rings (SSSR count). The van der Waals surface area contributed by atoms with Crippen molar-refractivity contribution >= 4 is 17.7 Å². The second-order valence-corrected chi connectivity index (χ2v) is 4.33. The SMILES string of the molecule is COC(=O)CCC(CC(=O)c1ccccc1)C(=O)OC. The summed E-state index contributed by atoms with van der Waals surface area (Å²) < 4.78 is 9.20. The Morgan fingerprint density at radius 3 is 2.25 bits per heavy atom. The maximum absolute atomic E-state index is 12.1. The van der Waals surface area contributed by atoms with E-state index in [0.29, 0.717) is 5.56 Å². The molecule has 0 amide bonds. The first-order chi connectivity index (χ1) is 9.58. The Kier molecular flexibility index (Phi) is 6.43. The largest absolute Gasteiger partial charge is 0.469 e. The van der Waals surface area contributed by atoms with E-state index < -0.39 is 17.9 Å². The van der Waals surface area contributed by atoms with Crippen molar-refractivity contribution in [2.75, 3.05) is 14.2 Å². The van der Waals surface area contributed by atoms with Crippen molar-refractivity contribution < 1.29 is 23.9 Å². The van der Waals surface area contributed by atoms with E-state index in [1.165, 1.54) is 14.2 Å². The summed E-state index contributed by atoms with van der Waals surface area (Å²) in [6.45, 7) is 0. The molecule has 0 radical (unpaired) electrons. The number of Topliss-reactive ketones (excluding diaryl/α,β-unsaturated/α-hetero) is 1. The van der Waals surface area contributed by atoms with E-state index in [1.807, 2.05) is 6.07 Å². The maximum atomic E-state index is 12.1. The average Bonchev–Trinajstić information content (AvgIpc) is 2.50. The molecule has 1 atom stereocenters. The molecule has 0 saturated heterocycles. The van der Waals surface area contributed by atoms with Gasteiger partial charge >= 0.3 is 11.9 Å². The second-order valence-electron chi connectivity index (χ2n) is 4.33. The van der Waals surface area contributed by atoms with Crippen molar-refractivity contribution in [2.24, 2.45) is 5.92 Å². The summed E-state index contributed by atoms with van der Waals surface area (Å²) in [5, 5.41) is 0. The van der Waals surface area contributed by atoms with Gasteiger partial charge in [-0.05, 0) is 6.42 Å². The van der Waals surface area contributed by atoms with E-state index in [2.05, 4.69) is 9.47 Å². The van der Waals surface area contributed by atoms with E-state index in [9.17, 15) is 14.4 Å². The molecule has 108 valence electrons. The lowest BCUT2D eigenvalue weighted by Gasteiger charge is -2.13. The van der Waals surface area contributed by atoms with Crippen molar-refractivity contribution in [2.45, 2.75) is 19.3 Å². The summed E-state index contributed by atoms with van der Waals surface area (Å²) in [6, 6.07) is 8.71. The van der Waals surface area contributed by atoms with Crippen LogP contribution >= 0.6 is 0 Å². The quantitative estimate of drug-likeness (QED) is 0.563. The van der Waals surface area contributed by atoms with E-state index >= 15 is 0 Å². The number of esters is 2. The fourth-order valence-corrected chi connectivity index (χ4v) is 1.83. The summed E-state index contributed by atoms with van der Waals surface area (Å²) in [7, 11) is 2.55. The minimum Gasteiger partial charge on any atom is -0.469 e. The Bertz CT molecular complexity index is 466. The maximum Gasteiger partial charge on any atom is 0.309 e. The van der Waals surface area contributed by atoms with E-state index in [0.717, 1.165) is 0 Å². The molecular formula is C15H18O5. The number of carbonyl (C=O) groups is 3. The normalized spacial score (nSPS) is 11.5. The van der Waals surface area contributed by atoms with Crippen molar-refractivity contribution in [3.05, 3.63) is 35.9 Å². The molecule has 20 heavy (non-hydrogen) atoms. The molecule has 0 aliphatic carbocycles. The molecule has 0 bridgehead atoms. The van der Waals surface area contributed by atoms with Crippen LogP contribution in [-0.2, 0) is 19.1 Å². The number of benzene rings is 1. The zero-order valence-electron chi connectivity index (χ0n) is 11.6. The van der Waals surface area contributed by atoms with Crippen LogP contribution in [-0.4, -0.2) is 31.9 Å². The van der Waals surface area contributed by atoms with Gasteiger partial charge in [-0.3, -0.25) is 14.4 Å². The van der Waals surface area contributed by atoms with Crippen LogP contribution in [0.15, 0.2) is 30.3 Å². The van der Waals surface area contributed by atoms with Gasteiger partial charge in [-0.25, -0.2) is 0 Å². The second kappa shape index (κ2) is 8.09. The molecule has 0 aliphatic rings. The minimum atomic E-state index is -0.633. The Morgan fingerprint density at radius 2 is 1.70 bits per heavy atom. The molecule has 0 N–H and O–H groups in total. The highest BCUT2D eigenvalue weighted by Crippen LogP contribution is 2.17. The van der Waals surface area contributed by atoms with Gasteiger partial charge in [-0.2, -0.15) is 0 Å². The molecule has 1 aromatic rings. The monoisotopic (exact) mass is 278 g/mol. The van der Waals surface area contributed by atoms with Gasteiger partial charge in [0, 0.05) is 18.4 Å². The Hall–Kier alpha value is -2.17. The number of ketones is 1. The summed E-state index contributed by atoms with van der Waals surface area (Å²) in [4.78, 5) is 34.8. The molecule has 1 aromatic carbocycles. The zero-order chi connectivity index (χ0) is 15.0. The van der Waals surface area contributed by atoms with Gasteiger partial charge in [0.25, 0.3) is 0 Å². The molecule has 0 saturated carbocycles. The fraction of sp³-hybridized carbons (Fsp3) is 0.400. The zero-order valence-corrected chi connectivity index (χ0v) is 11.6. The topological polar surface area (TPSA) is 69.7 Å². The van der Waals surface area contributed by atoms with Gasteiger partial charge < -0.3 is 9.47 Å². The highest BCUT2D eigenvalue weighted by molar-refractivity contribution is 5.98. The predicted molar refractivity (Wildman–Crippen MR) is 72.1 cm³/mol. The van der Waals surface area contributed by atoms with E-state index in [1.54, 1.807) is 24.3 Å². The third-order valence-corrected chi connectivity index (χ3v) is 2.99. The first-order valence-electron chi connectivity index (χ1n) is 6.31. The van der Waals surface area contributed by atoms with Crippen LogP contribution in [0.1, 0.15) is 29.6 Å². The highest BCUT2D eigenvalue weighted by atomic mass is 16.5. The van der Waals surface area contributed by atoms with Crippen LogP contribution in [0, 0.1) is 5.92 Å². The summed E-state index contributed by atoms with van der Waals surface area (Å²) in [6.07, 6.45) is 0.337. The molecule has 0 aliphatic heterocycles. The Balaban J connectivity index is 2.67. The van der Waals surface area contributed by atoms with Crippen LogP contribution in [0.25, 0.3) is 0 Å². The lowest BCUT2D eigenvalue weighted by Crippen LogP contribution is -2.21. The molecule has 0 heterocycles. The molecular weight excluding hydrogens is 260 g/mol. The first kappa shape index (κ1) is 15.9. The molecule has 5 nitrogen and oxygen atoms in total. The Morgan fingerprint density at radius 1 is 1.05 bits per heavy atom. The molecule has 0 fully saturated rings. The van der Waals surface area contributed by atoms with Gasteiger partial charge in [-0.1, -0.05) is 30.3 Å². The van der Waals surface area contributed by atoms with Crippen molar-refractivity contribution in [3.8, 4) is 0 Å². The molecule has 5 heteroatoms. The third kappa shape index (κ3) is 4.84.